The molecule has 1 N–H and O–H groups in total. The van der Waals surface area contributed by atoms with Gasteiger partial charge in [0.15, 0.2) is 0 Å². The lowest BCUT2D eigenvalue weighted by atomic mass is 9.76. The van der Waals surface area contributed by atoms with E-state index < -0.39 is 0 Å². The van der Waals surface area contributed by atoms with Crippen LogP contribution in [0.2, 0.25) is 0 Å². The number of aryl methyl sites for hydroxylation is 1. The van der Waals surface area contributed by atoms with Gasteiger partial charge in [-0.25, -0.2) is 0 Å². The van der Waals surface area contributed by atoms with Crippen LogP contribution < -0.4 is 0 Å². The van der Waals surface area contributed by atoms with Crippen LogP contribution in [0.1, 0.15) is 69.6 Å². The van der Waals surface area contributed by atoms with E-state index in [2.05, 4.69) is 38.1 Å². The van der Waals surface area contributed by atoms with Gasteiger partial charge in [0, 0.05) is 0 Å². The van der Waals surface area contributed by atoms with E-state index in [4.69, 9.17) is 0 Å². The summed E-state index contributed by atoms with van der Waals surface area (Å²) >= 11 is 0. The minimum atomic E-state index is -0.236. The standard InChI is InChI=1S/C18H28O/c1-3-5-8-14(4-2)13-16-12-11-15-9-6-7-10-17(15)18(16)19/h6-7,9-10,14,16,18-19H,3-5,8,11-13H2,1-2H3. The van der Waals surface area contributed by atoms with Crippen LogP contribution in [0.3, 0.4) is 0 Å². The van der Waals surface area contributed by atoms with Gasteiger partial charge in [0.1, 0.15) is 0 Å². The molecule has 0 amide bonds. The fourth-order valence-corrected chi connectivity index (χ4v) is 3.46. The van der Waals surface area contributed by atoms with E-state index in [-0.39, 0.29) is 6.10 Å². The molecule has 1 heteroatoms. The second-order valence-corrected chi connectivity index (χ2v) is 6.09. The fourth-order valence-electron chi connectivity index (χ4n) is 3.46. The van der Waals surface area contributed by atoms with Crippen molar-refractivity contribution in [1.82, 2.24) is 0 Å². The third-order valence-corrected chi connectivity index (χ3v) is 4.78. The largest absolute Gasteiger partial charge is 0.388 e. The molecule has 1 nitrogen and oxygen atoms in total. The molecule has 0 bridgehead atoms. The minimum Gasteiger partial charge on any atom is -0.388 e. The molecule has 1 aromatic rings. The summed E-state index contributed by atoms with van der Waals surface area (Å²) in [6.45, 7) is 4.56. The number of rotatable bonds is 6. The van der Waals surface area contributed by atoms with E-state index in [9.17, 15) is 5.11 Å². The molecule has 1 aliphatic carbocycles. The van der Waals surface area contributed by atoms with Crippen molar-refractivity contribution in [3.63, 3.8) is 0 Å². The predicted octanol–water partition coefficient (Wildman–Crippen LogP) is 4.89. The summed E-state index contributed by atoms with van der Waals surface area (Å²) < 4.78 is 0. The minimum absolute atomic E-state index is 0.236. The topological polar surface area (TPSA) is 20.2 Å². The Morgan fingerprint density at radius 2 is 2.05 bits per heavy atom. The van der Waals surface area contributed by atoms with E-state index in [0.717, 1.165) is 18.8 Å². The molecule has 0 saturated heterocycles. The van der Waals surface area contributed by atoms with Gasteiger partial charge in [-0.1, -0.05) is 63.8 Å². The van der Waals surface area contributed by atoms with Crippen molar-refractivity contribution < 1.29 is 5.11 Å². The highest BCUT2D eigenvalue weighted by atomic mass is 16.3. The summed E-state index contributed by atoms with van der Waals surface area (Å²) in [7, 11) is 0. The molecule has 1 aromatic carbocycles. The Labute approximate surface area is 118 Å². The Balaban J connectivity index is 1.99. The van der Waals surface area contributed by atoms with Gasteiger partial charge in [-0.2, -0.15) is 0 Å². The molecular formula is C18H28O. The van der Waals surface area contributed by atoms with Gasteiger partial charge < -0.3 is 5.11 Å². The van der Waals surface area contributed by atoms with Gasteiger partial charge in [0.2, 0.25) is 0 Å². The van der Waals surface area contributed by atoms with Gasteiger partial charge >= 0.3 is 0 Å². The van der Waals surface area contributed by atoms with E-state index in [1.54, 1.807) is 0 Å². The Kier molecular flexibility index (Phi) is 5.45. The molecule has 0 aromatic heterocycles. The van der Waals surface area contributed by atoms with Crippen molar-refractivity contribution in [3.05, 3.63) is 35.4 Å². The van der Waals surface area contributed by atoms with Gasteiger partial charge in [-0.15, -0.1) is 0 Å². The lowest BCUT2D eigenvalue weighted by molar-refractivity contribution is 0.0760. The van der Waals surface area contributed by atoms with Gasteiger partial charge in [-0.3, -0.25) is 0 Å². The Bertz CT molecular complexity index is 385. The van der Waals surface area contributed by atoms with E-state index in [1.807, 2.05) is 0 Å². The second-order valence-electron chi connectivity index (χ2n) is 6.09. The van der Waals surface area contributed by atoms with Crippen LogP contribution in [0.25, 0.3) is 0 Å². The molecular weight excluding hydrogens is 232 g/mol. The van der Waals surface area contributed by atoms with Crippen molar-refractivity contribution >= 4 is 0 Å². The maximum Gasteiger partial charge on any atom is 0.0821 e. The number of unbranched alkanes of at least 4 members (excludes halogenated alkanes) is 1. The molecule has 0 spiro atoms. The highest BCUT2D eigenvalue weighted by Crippen LogP contribution is 2.39. The van der Waals surface area contributed by atoms with Crippen LogP contribution in [-0.2, 0) is 6.42 Å². The normalized spacial score (nSPS) is 23.9. The molecule has 0 aliphatic heterocycles. The zero-order chi connectivity index (χ0) is 13.7. The van der Waals surface area contributed by atoms with Gasteiger partial charge in [-0.05, 0) is 42.2 Å². The highest BCUT2D eigenvalue weighted by molar-refractivity contribution is 5.31. The average Bonchev–Trinajstić information content (AvgIpc) is 2.46. The number of aliphatic hydroxyl groups excluding tert-OH is 1. The average molecular weight is 260 g/mol. The highest BCUT2D eigenvalue weighted by Gasteiger charge is 2.28. The van der Waals surface area contributed by atoms with Crippen molar-refractivity contribution in [2.75, 3.05) is 0 Å². The summed E-state index contributed by atoms with van der Waals surface area (Å²) in [5.41, 5.74) is 2.54. The van der Waals surface area contributed by atoms with E-state index in [1.165, 1.54) is 43.2 Å². The molecule has 2 rings (SSSR count). The van der Waals surface area contributed by atoms with Crippen LogP contribution in [0.4, 0.5) is 0 Å². The summed E-state index contributed by atoms with van der Waals surface area (Å²) in [5, 5.41) is 10.6. The first-order chi connectivity index (χ1) is 9.26. The van der Waals surface area contributed by atoms with Crippen molar-refractivity contribution in [2.45, 2.75) is 64.9 Å². The third kappa shape index (κ3) is 3.60. The molecule has 0 saturated carbocycles. The van der Waals surface area contributed by atoms with E-state index >= 15 is 0 Å². The van der Waals surface area contributed by atoms with Crippen LogP contribution in [0, 0.1) is 11.8 Å². The first-order valence-corrected chi connectivity index (χ1v) is 8.02. The van der Waals surface area contributed by atoms with Gasteiger partial charge in [0.25, 0.3) is 0 Å². The Morgan fingerprint density at radius 3 is 2.79 bits per heavy atom. The summed E-state index contributed by atoms with van der Waals surface area (Å²) in [5.74, 6) is 1.27. The third-order valence-electron chi connectivity index (χ3n) is 4.78. The first-order valence-electron chi connectivity index (χ1n) is 8.02. The SMILES string of the molecule is CCCCC(CC)CC1CCc2ccccc2C1O. The van der Waals surface area contributed by atoms with Gasteiger partial charge in [0.05, 0.1) is 6.10 Å². The molecule has 0 radical (unpaired) electrons. The molecule has 0 fully saturated rings. The molecule has 0 heterocycles. The zero-order valence-electron chi connectivity index (χ0n) is 12.4. The summed E-state index contributed by atoms with van der Waals surface area (Å²) in [4.78, 5) is 0. The van der Waals surface area contributed by atoms with Crippen molar-refractivity contribution in [2.24, 2.45) is 11.8 Å². The zero-order valence-corrected chi connectivity index (χ0v) is 12.4. The van der Waals surface area contributed by atoms with E-state index in [0.29, 0.717) is 5.92 Å². The molecule has 3 unspecified atom stereocenters. The maximum absolute atomic E-state index is 10.6. The molecule has 3 atom stereocenters. The van der Waals surface area contributed by atoms with Crippen molar-refractivity contribution in [1.29, 1.82) is 0 Å². The second kappa shape index (κ2) is 7.09. The van der Waals surface area contributed by atoms with Crippen LogP contribution in [0.15, 0.2) is 24.3 Å². The Hall–Kier alpha value is -0.820. The fraction of sp³-hybridized carbons (Fsp3) is 0.667. The molecule has 106 valence electrons. The molecule has 1 aliphatic rings. The summed E-state index contributed by atoms with van der Waals surface area (Å²) in [6.07, 6.45) is 8.46. The lowest BCUT2D eigenvalue weighted by Gasteiger charge is -2.32. The first kappa shape index (κ1) is 14.6. The quantitative estimate of drug-likeness (QED) is 0.772. The monoisotopic (exact) mass is 260 g/mol. The lowest BCUT2D eigenvalue weighted by Crippen LogP contribution is -2.23. The molecule has 19 heavy (non-hydrogen) atoms. The maximum atomic E-state index is 10.6. The number of fused-ring (bicyclic) bond motifs is 1. The van der Waals surface area contributed by atoms with Crippen molar-refractivity contribution in [3.8, 4) is 0 Å². The number of hydrogen-bond donors (Lipinski definition) is 1. The van der Waals surface area contributed by atoms with Crippen LogP contribution >= 0.6 is 0 Å². The number of benzene rings is 1. The van der Waals surface area contributed by atoms with Crippen LogP contribution in [-0.4, -0.2) is 5.11 Å². The summed E-state index contributed by atoms with van der Waals surface area (Å²) in [6, 6.07) is 8.42. The number of aliphatic hydroxyl groups is 1. The predicted molar refractivity (Wildman–Crippen MR) is 81.1 cm³/mol. The van der Waals surface area contributed by atoms with Crippen LogP contribution in [0.5, 0.6) is 0 Å². The Morgan fingerprint density at radius 1 is 1.26 bits per heavy atom. The smallest absolute Gasteiger partial charge is 0.0821 e. The number of hydrogen-bond acceptors (Lipinski definition) is 1.